The molecule has 0 fully saturated rings. The Bertz CT molecular complexity index is 347. The molecule has 0 aliphatic carbocycles. The molecule has 0 radical (unpaired) electrons. The number of rotatable bonds is 2. The Morgan fingerprint density at radius 1 is 1.23 bits per heavy atom. The number of fused-ring (bicyclic) bond motifs is 1. The summed E-state index contributed by atoms with van der Waals surface area (Å²) >= 11 is -1.66. The van der Waals surface area contributed by atoms with Crippen molar-refractivity contribution >= 4 is 30.5 Å². The fraction of sp³-hybridized carbons (Fsp3) is 0.200. The van der Waals surface area contributed by atoms with Crippen LogP contribution in [0.15, 0.2) is 28.1 Å². The molecule has 4 N–H and O–H groups in total. The van der Waals surface area contributed by atoms with Gasteiger partial charge in [0.15, 0.2) is 0 Å². The minimum absolute atomic E-state index is 0.804. The summed E-state index contributed by atoms with van der Waals surface area (Å²) in [6, 6.07) is 8.50. The Hall–Kier alpha value is -0.410. The molecule has 1 heterocycles. The van der Waals surface area contributed by atoms with E-state index in [4.69, 9.17) is 11.5 Å². The van der Waals surface area contributed by atoms with Crippen molar-refractivity contribution in [3.05, 3.63) is 33.7 Å². The molecule has 0 unspecified atom stereocenters. The summed E-state index contributed by atoms with van der Waals surface area (Å²) in [6.07, 6.45) is 0. The van der Waals surface area contributed by atoms with E-state index in [9.17, 15) is 0 Å². The summed E-state index contributed by atoms with van der Waals surface area (Å²) in [4.78, 5) is 0. The van der Waals surface area contributed by atoms with Crippen LogP contribution in [0.25, 0.3) is 5.70 Å². The standard InChI is InChI=1S/C8H7N.C2H6N.In/c1-7(9)8-5-3-2-4-6-8;1-2-3;/h1-5H,9H2;1-3H2;. The van der Waals surface area contributed by atoms with Gasteiger partial charge in [-0.3, -0.25) is 0 Å². The molecule has 0 saturated carbocycles. The van der Waals surface area contributed by atoms with E-state index in [2.05, 4.69) is 28.1 Å². The first-order valence-corrected chi connectivity index (χ1v) is 10.5. The molecule has 1 aromatic carbocycles. The second-order valence-electron chi connectivity index (χ2n) is 3.39. The average molecular weight is 276 g/mol. The van der Waals surface area contributed by atoms with Crippen LogP contribution in [0.5, 0.6) is 0 Å². The van der Waals surface area contributed by atoms with Crippen molar-refractivity contribution in [1.29, 1.82) is 0 Å². The van der Waals surface area contributed by atoms with E-state index in [1.165, 1.54) is 13.1 Å². The Kier molecular flexibility index (Phi) is 2.65. The van der Waals surface area contributed by atoms with Crippen molar-refractivity contribution in [2.24, 2.45) is 11.5 Å². The van der Waals surface area contributed by atoms with Gasteiger partial charge in [-0.15, -0.1) is 0 Å². The van der Waals surface area contributed by atoms with E-state index >= 15 is 0 Å². The molecule has 0 amide bonds. The van der Waals surface area contributed by atoms with Gasteiger partial charge in [-0.1, -0.05) is 0 Å². The van der Waals surface area contributed by atoms with Crippen LogP contribution >= 0.6 is 0 Å². The number of hydrogen-bond acceptors (Lipinski definition) is 2. The van der Waals surface area contributed by atoms with Gasteiger partial charge in [-0.25, -0.2) is 0 Å². The van der Waals surface area contributed by atoms with Crippen LogP contribution in [0.1, 0.15) is 5.56 Å². The van der Waals surface area contributed by atoms with Gasteiger partial charge in [0.2, 0.25) is 0 Å². The predicted molar refractivity (Wildman–Crippen MR) is 57.9 cm³/mol. The van der Waals surface area contributed by atoms with Crippen LogP contribution < -0.4 is 14.8 Å². The molecule has 2 rings (SSSR count). The molecule has 0 spiro atoms. The van der Waals surface area contributed by atoms with Gasteiger partial charge in [0.25, 0.3) is 0 Å². The van der Waals surface area contributed by atoms with E-state index in [1.54, 1.807) is 0 Å². The molecular formula is C10H13InN2. The number of benzene rings is 1. The van der Waals surface area contributed by atoms with E-state index in [0.29, 0.717) is 0 Å². The zero-order chi connectivity index (χ0) is 9.26. The number of nitrogens with two attached hydrogens (primary N) is 2. The van der Waals surface area contributed by atoms with Crippen molar-refractivity contribution in [1.82, 2.24) is 0 Å². The first kappa shape index (κ1) is 9.16. The van der Waals surface area contributed by atoms with Crippen LogP contribution in [0.2, 0.25) is 4.18 Å². The van der Waals surface area contributed by atoms with Gasteiger partial charge < -0.3 is 0 Å². The molecule has 0 bridgehead atoms. The van der Waals surface area contributed by atoms with Gasteiger partial charge in [0.05, 0.1) is 0 Å². The van der Waals surface area contributed by atoms with Crippen LogP contribution in [0.4, 0.5) is 0 Å². The van der Waals surface area contributed by atoms with E-state index in [0.717, 1.165) is 12.2 Å². The molecule has 0 atom stereocenters. The van der Waals surface area contributed by atoms with E-state index < -0.39 is 21.4 Å². The number of hydrogen-bond donors (Lipinski definition) is 2. The summed E-state index contributed by atoms with van der Waals surface area (Å²) in [5.41, 5.74) is 13.8. The Morgan fingerprint density at radius 2 is 2.00 bits per heavy atom. The van der Waals surface area contributed by atoms with Gasteiger partial charge in [-0.2, -0.15) is 0 Å². The van der Waals surface area contributed by atoms with Gasteiger partial charge in [-0.05, 0) is 0 Å². The van der Waals surface area contributed by atoms with Crippen molar-refractivity contribution < 1.29 is 0 Å². The maximum atomic E-state index is 5.94. The van der Waals surface area contributed by atoms with Crippen molar-refractivity contribution in [2.75, 3.05) is 6.54 Å². The zero-order valence-electron chi connectivity index (χ0n) is 7.53. The van der Waals surface area contributed by atoms with Gasteiger partial charge >= 0.3 is 86.3 Å². The maximum absolute atomic E-state index is 5.94. The third-order valence-corrected chi connectivity index (χ3v) is 11.1. The fourth-order valence-electron chi connectivity index (χ4n) is 1.90. The topological polar surface area (TPSA) is 52.0 Å². The Morgan fingerprint density at radius 3 is 2.77 bits per heavy atom. The van der Waals surface area contributed by atoms with Gasteiger partial charge in [0, 0.05) is 0 Å². The molecule has 0 saturated heterocycles. The van der Waals surface area contributed by atoms with E-state index in [1.807, 2.05) is 0 Å². The molecule has 13 heavy (non-hydrogen) atoms. The Labute approximate surface area is 86.2 Å². The SMILES string of the molecule is NC[CH2][In]1[CH]=C(N)c2cccc[c]21. The third kappa shape index (κ3) is 1.63. The van der Waals surface area contributed by atoms with Gasteiger partial charge in [0.1, 0.15) is 0 Å². The first-order chi connectivity index (χ1) is 6.33. The molecule has 1 aliphatic rings. The zero-order valence-corrected chi connectivity index (χ0v) is 10.8. The normalized spacial score (nSPS) is 14.2. The Balaban J connectivity index is 2.38. The summed E-state index contributed by atoms with van der Waals surface area (Å²) < 4.78 is 5.05. The monoisotopic (exact) mass is 276 g/mol. The van der Waals surface area contributed by atoms with Crippen LogP contribution in [0, 0.1) is 0 Å². The molecule has 1 aromatic rings. The summed E-state index contributed by atoms with van der Waals surface area (Å²) in [5.74, 6) is 0. The molecule has 66 valence electrons. The van der Waals surface area contributed by atoms with Crippen LogP contribution in [-0.4, -0.2) is 28.0 Å². The van der Waals surface area contributed by atoms with Crippen molar-refractivity contribution in [3.8, 4) is 0 Å². The van der Waals surface area contributed by atoms with E-state index in [-0.39, 0.29) is 0 Å². The molecule has 1 aliphatic heterocycles. The summed E-state index contributed by atoms with van der Waals surface area (Å²) in [6.45, 7) is 0.804. The molecule has 2 nitrogen and oxygen atoms in total. The first-order valence-electron chi connectivity index (χ1n) is 4.59. The summed E-state index contributed by atoms with van der Waals surface area (Å²) in [5, 5.41) is 0. The molecular weight excluding hydrogens is 263 g/mol. The average Bonchev–Trinajstić information content (AvgIpc) is 2.46. The quantitative estimate of drug-likeness (QED) is 0.810. The van der Waals surface area contributed by atoms with Crippen LogP contribution in [-0.2, 0) is 0 Å². The minimum atomic E-state index is -1.66. The summed E-state index contributed by atoms with van der Waals surface area (Å²) in [7, 11) is 0. The fourth-order valence-corrected chi connectivity index (χ4v) is 9.46. The third-order valence-electron chi connectivity index (χ3n) is 2.53. The predicted octanol–water partition coefficient (Wildman–Crippen LogP) is 0.199. The molecule has 0 aromatic heterocycles. The second kappa shape index (κ2) is 3.76. The molecule has 3 heteroatoms. The second-order valence-corrected chi connectivity index (χ2v) is 11.2. The van der Waals surface area contributed by atoms with Crippen molar-refractivity contribution in [3.63, 3.8) is 0 Å². The van der Waals surface area contributed by atoms with Crippen molar-refractivity contribution in [2.45, 2.75) is 4.18 Å². The van der Waals surface area contributed by atoms with Crippen LogP contribution in [0.3, 0.4) is 0 Å².